The van der Waals surface area contributed by atoms with Crippen LogP contribution in [0.2, 0.25) is 0 Å². The Labute approximate surface area is 162 Å². The molecule has 1 heterocycles. The van der Waals surface area contributed by atoms with E-state index in [1.807, 2.05) is 6.92 Å². The van der Waals surface area contributed by atoms with Crippen LogP contribution in [0.5, 0.6) is 0 Å². The van der Waals surface area contributed by atoms with E-state index in [0.29, 0.717) is 24.2 Å². The first-order valence-electron chi connectivity index (χ1n) is 8.93. The van der Waals surface area contributed by atoms with Gasteiger partial charge in [0, 0.05) is 26.1 Å². The zero-order chi connectivity index (χ0) is 16.5. The summed E-state index contributed by atoms with van der Waals surface area (Å²) < 4.78 is 5.11. The normalized spacial score (nSPS) is 17.2. The molecule has 0 saturated heterocycles. The summed E-state index contributed by atoms with van der Waals surface area (Å²) in [6.45, 7) is 4.79. The Kier molecular flexibility index (Phi) is 10.3. The molecule has 7 heteroatoms. The lowest BCUT2D eigenvalue weighted by molar-refractivity contribution is 0.322. The van der Waals surface area contributed by atoms with Gasteiger partial charge in [0.1, 0.15) is 0 Å². The predicted molar refractivity (Wildman–Crippen MR) is 108 cm³/mol. The molecule has 0 amide bonds. The highest BCUT2D eigenvalue weighted by Crippen LogP contribution is 2.27. The van der Waals surface area contributed by atoms with Crippen molar-refractivity contribution in [2.45, 2.75) is 71.3 Å². The number of nitrogens with zero attached hydrogens (tertiary/aromatic N) is 3. The molecule has 1 fully saturated rings. The second kappa shape index (κ2) is 11.7. The number of hydrogen-bond acceptors (Lipinski definition) is 4. The smallest absolute Gasteiger partial charge is 0.228 e. The molecular formula is C17H32IN5O. The lowest BCUT2D eigenvalue weighted by Crippen LogP contribution is -2.43. The highest BCUT2D eigenvalue weighted by Gasteiger charge is 2.15. The number of nitrogens with one attached hydrogen (secondary N) is 2. The topological polar surface area (TPSA) is 75.3 Å². The van der Waals surface area contributed by atoms with Crippen molar-refractivity contribution in [3.8, 4) is 0 Å². The Balaban J connectivity index is 0.00000288. The highest BCUT2D eigenvalue weighted by molar-refractivity contribution is 14.0. The van der Waals surface area contributed by atoms with E-state index >= 15 is 0 Å². The SMILES string of the molecule is CN=C(NCCc1nc(C)no1)NC(C)CCC1CCCCC1.I. The summed E-state index contributed by atoms with van der Waals surface area (Å²) in [5, 5.41) is 10.6. The van der Waals surface area contributed by atoms with Crippen LogP contribution in [0, 0.1) is 12.8 Å². The highest BCUT2D eigenvalue weighted by atomic mass is 127. The Hall–Kier alpha value is -0.860. The summed E-state index contributed by atoms with van der Waals surface area (Å²) in [5.41, 5.74) is 0. The van der Waals surface area contributed by atoms with E-state index in [0.717, 1.165) is 18.4 Å². The number of aryl methyl sites for hydroxylation is 1. The molecule has 6 nitrogen and oxygen atoms in total. The van der Waals surface area contributed by atoms with Crippen LogP contribution in [0.3, 0.4) is 0 Å². The van der Waals surface area contributed by atoms with Crippen LogP contribution in [0.4, 0.5) is 0 Å². The van der Waals surface area contributed by atoms with Crippen LogP contribution in [0.1, 0.15) is 63.6 Å². The molecule has 0 aliphatic heterocycles. The first-order chi connectivity index (χ1) is 11.2. The molecule has 1 unspecified atom stereocenters. The number of rotatable bonds is 7. The largest absolute Gasteiger partial charge is 0.356 e. The summed E-state index contributed by atoms with van der Waals surface area (Å²) in [7, 11) is 1.81. The van der Waals surface area contributed by atoms with Gasteiger partial charge in [-0.1, -0.05) is 37.3 Å². The van der Waals surface area contributed by atoms with E-state index in [-0.39, 0.29) is 24.0 Å². The molecular weight excluding hydrogens is 417 g/mol. The van der Waals surface area contributed by atoms with Crippen LogP contribution in [-0.4, -0.2) is 35.7 Å². The monoisotopic (exact) mass is 449 g/mol. The van der Waals surface area contributed by atoms with Crippen LogP contribution in [0.25, 0.3) is 0 Å². The first-order valence-corrected chi connectivity index (χ1v) is 8.93. The summed E-state index contributed by atoms with van der Waals surface area (Å²) in [6, 6.07) is 0.439. The fourth-order valence-corrected chi connectivity index (χ4v) is 3.19. The van der Waals surface area contributed by atoms with Crippen molar-refractivity contribution >= 4 is 29.9 Å². The summed E-state index contributed by atoms with van der Waals surface area (Å²) in [5.74, 6) is 3.12. The van der Waals surface area contributed by atoms with E-state index < -0.39 is 0 Å². The third-order valence-corrected chi connectivity index (χ3v) is 4.54. The van der Waals surface area contributed by atoms with Gasteiger partial charge in [-0.05, 0) is 32.6 Å². The zero-order valence-corrected chi connectivity index (χ0v) is 17.5. The molecule has 0 aromatic carbocycles. The van der Waals surface area contributed by atoms with Crippen LogP contribution < -0.4 is 10.6 Å². The van der Waals surface area contributed by atoms with Gasteiger partial charge in [-0.3, -0.25) is 4.99 Å². The maximum absolute atomic E-state index is 5.11. The van der Waals surface area contributed by atoms with Crippen molar-refractivity contribution in [1.82, 2.24) is 20.8 Å². The number of aromatic nitrogens is 2. The van der Waals surface area contributed by atoms with Crippen molar-refractivity contribution in [3.63, 3.8) is 0 Å². The Morgan fingerprint density at radius 3 is 2.71 bits per heavy atom. The molecule has 1 saturated carbocycles. The fraction of sp³-hybridized carbons (Fsp3) is 0.824. The van der Waals surface area contributed by atoms with Crippen LogP contribution in [-0.2, 0) is 6.42 Å². The van der Waals surface area contributed by atoms with Gasteiger partial charge in [-0.15, -0.1) is 24.0 Å². The Bertz CT molecular complexity index is 485. The maximum Gasteiger partial charge on any atom is 0.228 e. The Morgan fingerprint density at radius 2 is 2.08 bits per heavy atom. The lowest BCUT2D eigenvalue weighted by atomic mass is 9.85. The average molecular weight is 449 g/mol. The molecule has 2 N–H and O–H groups in total. The number of hydrogen-bond donors (Lipinski definition) is 2. The van der Waals surface area contributed by atoms with Crippen molar-refractivity contribution in [2.24, 2.45) is 10.9 Å². The lowest BCUT2D eigenvalue weighted by Gasteiger charge is -2.24. The van der Waals surface area contributed by atoms with Crippen LogP contribution in [0.15, 0.2) is 9.52 Å². The second-order valence-corrected chi connectivity index (χ2v) is 6.61. The van der Waals surface area contributed by atoms with Gasteiger partial charge in [0.2, 0.25) is 5.89 Å². The van der Waals surface area contributed by atoms with Crippen LogP contribution >= 0.6 is 24.0 Å². The van der Waals surface area contributed by atoms with Gasteiger partial charge >= 0.3 is 0 Å². The minimum absolute atomic E-state index is 0. The third-order valence-electron chi connectivity index (χ3n) is 4.54. The molecule has 1 aromatic heterocycles. The predicted octanol–water partition coefficient (Wildman–Crippen LogP) is 3.45. The van der Waals surface area contributed by atoms with Crippen molar-refractivity contribution in [1.29, 1.82) is 0 Å². The quantitative estimate of drug-likeness (QED) is 0.379. The summed E-state index contributed by atoms with van der Waals surface area (Å²) in [4.78, 5) is 8.48. The standard InChI is InChI=1S/C17H31N5O.HI/c1-13(9-10-15-7-5-4-6-8-15)20-17(18-3)19-12-11-16-21-14(2)22-23-16;/h13,15H,4-12H2,1-3H3,(H2,18,19,20);1H. The average Bonchev–Trinajstić information content (AvgIpc) is 2.98. The summed E-state index contributed by atoms with van der Waals surface area (Å²) >= 11 is 0. The second-order valence-electron chi connectivity index (χ2n) is 6.61. The summed E-state index contributed by atoms with van der Waals surface area (Å²) in [6.07, 6.45) is 10.3. The van der Waals surface area contributed by atoms with E-state index in [9.17, 15) is 0 Å². The van der Waals surface area contributed by atoms with Gasteiger partial charge in [0.15, 0.2) is 11.8 Å². The maximum atomic E-state index is 5.11. The van der Waals surface area contributed by atoms with Crippen molar-refractivity contribution in [3.05, 3.63) is 11.7 Å². The van der Waals surface area contributed by atoms with E-state index in [2.05, 4.69) is 32.7 Å². The zero-order valence-electron chi connectivity index (χ0n) is 15.2. The van der Waals surface area contributed by atoms with E-state index in [1.165, 1.54) is 44.9 Å². The molecule has 2 rings (SSSR count). The molecule has 0 radical (unpaired) electrons. The Morgan fingerprint density at radius 1 is 1.33 bits per heavy atom. The minimum atomic E-state index is 0. The molecule has 24 heavy (non-hydrogen) atoms. The van der Waals surface area contributed by atoms with Gasteiger partial charge in [-0.25, -0.2) is 0 Å². The molecule has 0 bridgehead atoms. The van der Waals surface area contributed by atoms with E-state index in [1.54, 1.807) is 7.05 Å². The number of guanidine groups is 1. The molecule has 138 valence electrons. The fourth-order valence-electron chi connectivity index (χ4n) is 3.19. The number of aliphatic imine (C=N–C) groups is 1. The molecule has 1 aliphatic carbocycles. The van der Waals surface area contributed by atoms with Gasteiger partial charge in [0.05, 0.1) is 0 Å². The third kappa shape index (κ3) is 7.81. The van der Waals surface area contributed by atoms with Gasteiger partial charge < -0.3 is 15.2 Å². The van der Waals surface area contributed by atoms with Crippen molar-refractivity contribution in [2.75, 3.05) is 13.6 Å². The minimum Gasteiger partial charge on any atom is -0.356 e. The van der Waals surface area contributed by atoms with Gasteiger partial charge in [-0.2, -0.15) is 4.98 Å². The van der Waals surface area contributed by atoms with E-state index in [4.69, 9.17) is 4.52 Å². The molecule has 0 spiro atoms. The molecule has 1 aliphatic rings. The van der Waals surface area contributed by atoms with Crippen molar-refractivity contribution < 1.29 is 4.52 Å². The first kappa shape index (κ1) is 21.2. The molecule has 1 atom stereocenters. The number of halogens is 1. The molecule has 1 aromatic rings. The van der Waals surface area contributed by atoms with Gasteiger partial charge in [0.25, 0.3) is 0 Å².